The fraction of sp³-hybridized carbons (Fsp3) is 0.562. The molecule has 0 aromatic heterocycles. The summed E-state index contributed by atoms with van der Waals surface area (Å²) in [7, 11) is 0. The highest BCUT2D eigenvalue weighted by atomic mass is 16.2. The van der Waals surface area contributed by atoms with Crippen LogP contribution in [0.4, 0.5) is 5.69 Å². The molecule has 19 heavy (non-hydrogen) atoms. The third-order valence-corrected chi connectivity index (χ3v) is 3.87. The van der Waals surface area contributed by atoms with E-state index in [0.29, 0.717) is 5.92 Å². The summed E-state index contributed by atoms with van der Waals surface area (Å²) < 4.78 is 0. The molecule has 1 aromatic carbocycles. The van der Waals surface area contributed by atoms with E-state index in [2.05, 4.69) is 50.4 Å². The lowest BCUT2D eigenvalue weighted by Crippen LogP contribution is -2.64. The number of nitrogens with one attached hydrogen (secondary N) is 1. The minimum atomic E-state index is -0.483. The van der Waals surface area contributed by atoms with Gasteiger partial charge in [0.15, 0.2) is 0 Å². The van der Waals surface area contributed by atoms with E-state index in [0.717, 1.165) is 12.2 Å². The number of carbonyl (C=O) groups excluding carboxylic acids is 1. The van der Waals surface area contributed by atoms with Crippen molar-refractivity contribution < 1.29 is 4.79 Å². The first-order valence-corrected chi connectivity index (χ1v) is 7.01. The van der Waals surface area contributed by atoms with Crippen LogP contribution in [0, 0.1) is 0 Å². The molecule has 1 heterocycles. The monoisotopic (exact) mass is 260 g/mol. The van der Waals surface area contributed by atoms with Gasteiger partial charge in [-0.2, -0.15) is 0 Å². The Morgan fingerprint density at radius 3 is 2.37 bits per heavy atom. The topological polar surface area (TPSA) is 32.3 Å². The molecule has 0 aliphatic carbocycles. The summed E-state index contributed by atoms with van der Waals surface area (Å²) in [6.45, 7) is 11.1. The van der Waals surface area contributed by atoms with Gasteiger partial charge in [0, 0.05) is 18.3 Å². The van der Waals surface area contributed by atoms with Crippen LogP contribution in [0.5, 0.6) is 0 Å². The molecule has 1 saturated heterocycles. The van der Waals surface area contributed by atoms with Crippen molar-refractivity contribution in [3.8, 4) is 0 Å². The van der Waals surface area contributed by atoms with Gasteiger partial charge in [-0.25, -0.2) is 0 Å². The number of rotatable bonds is 2. The van der Waals surface area contributed by atoms with E-state index in [9.17, 15) is 4.79 Å². The number of hydrogen-bond donors (Lipinski definition) is 1. The molecule has 1 atom stereocenters. The molecule has 104 valence electrons. The third-order valence-electron chi connectivity index (χ3n) is 3.87. The molecule has 0 radical (unpaired) electrons. The van der Waals surface area contributed by atoms with Crippen LogP contribution in [-0.2, 0) is 4.79 Å². The van der Waals surface area contributed by atoms with E-state index in [1.54, 1.807) is 0 Å². The molecule has 1 N–H and O–H groups in total. The van der Waals surface area contributed by atoms with E-state index in [1.165, 1.54) is 5.56 Å². The molecule has 0 bridgehead atoms. The maximum Gasteiger partial charge on any atom is 0.247 e. The summed E-state index contributed by atoms with van der Waals surface area (Å²) in [6, 6.07) is 8.55. The van der Waals surface area contributed by atoms with Gasteiger partial charge in [-0.15, -0.1) is 0 Å². The van der Waals surface area contributed by atoms with Gasteiger partial charge >= 0.3 is 0 Å². The molecular weight excluding hydrogens is 236 g/mol. The summed E-state index contributed by atoms with van der Waals surface area (Å²) in [4.78, 5) is 14.5. The lowest BCUT2D eigenvalue weighted by molar-refractivity contribution is -0.125. The van der Waals surface area contributed by atoms with Gasteiger partial charge < -0.3 is 10.2 Å². The Balaban J connectivity index is 2.31. The fourth-order valence-corrected chi connectivity index (χ4v) is 2.46. The number of benzene rings is 1. The highest BCUT2D eigenvalue weighted by molar-refractivity contribution is 6.01. The summed E-state index contributed by atoms with van der Waals surface area (Å²) in [5.41, 5.74) is 1.82. The van der Waals surface area contributed by atoms with Gasteiger partial charge in [0.2, 0.25) is 5.91 Å². The van der Waals surface area contributed by atoms with Crippen molar-refractivity contribution in [3.05, 3.63) is 29.8 Å². The highest BCUT2D eigenvalue weighted by Crippen LogP contribution is 2.26. The van der Waals surface area contributed by atoms with Crippen LogP contribution in [0.2, 0.25) is 0 Å². The number of amides is 1. The SMILES string of the molecule is CC(C)c1ccc(N2C(=O)C(C)(C)NCC2C)cc1. The number of carbonyl (C=O) groups is 1. The maximum absolute atomic E-state index is 12.5. The van der Waals surface area contributed by atoms with E-state index < -0.39 is 5.54 Å². The molecule has 1 unspecified atom stereocenters. The normalized spacial score (nSPS) is 22.9. The summed E-state index contributed by atoms with van der Waals surface area (Å²) >= 11 is 0. The van der Waals surface area contributed by atoms with E-state index in [4.69, 9.17) is 0 Å². The Morgan fingerprint density at radius 2 is 1.84 bits per heavy atom. The summed E-state index contributed by atoms with van der Waals surface area (Å²) in [5, 5.41) is 3.30. The molecule has 1 fully saturated rings. The first kappa shape index (κ1) is 14.1. The predicted molar refractivity (Wildman–Crippen MR) is 79.6 cm³/mol. The quantitative estimate of drug-likeness (QED) is 0.886. The van der Waals surface area contributed by atoms with Crippen molar-refractivity contribution >= 4 is 11.6 Å². The minimum Gasteiger partial charge on any atom is -0.307 e. The molecule has 1 amide bonds. The molecule has 3 nitrogen and oxygen atoms in total. The smallest absolute Gasteiger partial charge is 0.247 e. The average molecular weight is 260 g/mol. The molecule has 2 rings (SSSR count). The Labute approximate surface area is 116 Å². The number of piperazine rings is 1. The zero-order valence-corrected chi connectivity index (χ0v) is 12.5. The Hall–Kier alpha value is -1.35. The van der Waals surface area contributed by atoms with Crippen molar-refractivity contribution in [1.29, 1.82) is 0 Å². The Kier molecular flexibility index (Phi) is 3.68. The van der Waals surface area contributed by atoms with Crippen LogP contribution in [0.3, 0.4) is 0 Å². The molecule has 0 saturated carbocycles. The number of anilines is 1. The summed E-state index contributed by atoms with van der Waals surface area (Å²) in [5.74, 6) is 0.658. The maximum atomic E-state index is 12.5. The van der Waals surface area contributed by atoms with Crippen LogP contribution in [0.15, 0.2) is 24.3 Å². The second-order valence-corrected chi connectivity index (χ2v) is 6.28. The van der Waals surface area contributed by atoms with Crippen LogP contribution in [0.25, 0.3) is 0 Å². The average Bonchev–Trinajstić information content (AvgIpc) is 2.36. The van der Waals surface area contributed by atoms with Crippen molar-refractivity contribution in [1.82, 2.24) is 5.32 Å². The first-order chi connectivity index (χ1) is 8.83. The first-order valence-electron chi connectivity index (χ1n) is 7.01. The van der Waals surface area contributed by atoms with Gasteiger partial charge in [-0.1, -0.05) is 26.0 Å². The van der Waals surface area contributed by atoms with Gasteiger partial charge in [-0.3, -0.25) is 4.79 Å². The zero-order valence-electron chi connectivity index (χ0n) is 12.5. The minimum absolute atomic E-state index is 0.142. The van der Waals surface area contributed by atoms with E-state index >= 15 is 0 Å². The predicted octanol–water partition coefficient (Wildman–Crippen LogP) is 2.91. The molecule has 0 spiro atoms. The molecule has 3 heteroatoms. The largest absolute Gasteiger partial charge is 0.307 e. The van der Waals surface area contributed by atoms with Crippen LogP contribution < -0.4 is 10.2 Å². The lowest BCUT2D eigenvalue weighted by atomic mass is 9.96. The number of nitrogens with zero attached hydrogens (tertiary/aromatic N) is 1. The fourth-order valence-electron chi connectivity index (χ4n) is 2.46. The van der Waals surface area contributed by atoms with Gasteiger partial charge in [-0.05, 0) is 44.4 Å². The Bertz CT molecular complexity index is 462. The van der Waals surface area contributed by atoms with E-state index in [1.807, 2.05) is 18.7 Å². The lowest BCUT2D eigenvalue weighted by Gasteiger charge is -2.42. The van der Waals surface area contributed by atoms with Crippen LogP contribution in [0.1, 0.15) is 46.1 Å². The van der Waals surface area contributed by atoms with Crippen molar-refractivity contribution in [2.24, 2.45) is 0 Å². The molecule has 1 aliphatic heterocycles. The molecular formula is C16H24N2O. The molecule has 1 aliphatic rings. The number of hydrogen-bond acceptors (Lipinski definition) is 2. The summed E-state index contributed by atoms with van der Waals surface area (Å²) in [6.07, 6.45) is 0. The third kappa shape index (κ3) is 2.66. The van der Waals surface area contributed by atoms with Crippen molar-refractivity contribution in [2.75, 3.05) is 11.4 Å². The van der Waals surface area contributed by atoms with Crippen LogP contribution >= 0.6 is 0 Å². The van der Waals surface area contributed by atoms with E-state index in [-0.39, 0.29) is 11.9 Å². The highest BCUT2D eigenvalue weighted by Gasteiger charge is 2.39. The van der Waals surface area contributed by atoms with Crippen molar-refractivity contribution in [2.45, 2.75) is 52.1 Å². The zero-order chi connectivity index (χ0) is 14.2. The second kappa shape index (κ2) is 4.97. The van der Waals surface area contributed by atoms with Gasteiger partial charge in [0.25, 0.3) is 0 Å². The van der Waals surface area contributed by atoms with Gasteiger partial charge in [0.1, 0.15) is 0 Å². The standard InChI is InChI=1S/C16H24N2O/c1-11(2)13-6-8-14(9-7-13)18-12(3)10-17-16(4,5)15(18)19/h6-9,11-12,17H,10H2,1-5H3. The van der Waals surface area contributed by atoms with Crippen molar-refractivity contribution in [3.63, 3.8) is 0 Å². The molecule has 1 aromatic rings. The second-order valence-electron chi connectivity index (χ2n) is 6.28. The van der Waals surface area contributed by atoms with Crippen LogP contribution in [-0.4, -0.2) is 24.0 Å². The Morgan fingerprint density at radius 1 is 1.26 bits per heavy atom. The van der Waals surface area contributed by atoms with Gasteiger partial charge in [0.05, 0.1) is 5.54 Å².